The van der Waals surface area contributed by atoms with Crippen LogP contribution in [0.25, 0.3) is 149 Å². The lowest BCUT2D eigenvalue weighted by Crippen LogP contribution is -2.00. The zero-order chi connectivity index (χ0) is 43.7. The number of benzene rings is 11. The summed E-state index contributed by atoms with van der Waals surface area (Å²) in [5, 5.41) is 16.0. The zero-order valence-electron chi connectivity index (χ0n) is 35.7. The summed E-state index contributed by atoms with van der Waals surface area (Å²) in [6.45, 7) is 0. The normalized spacial score (nSPS) is 12.2. The summed E-state index contributed by atoms with van der Waals surface area (Å²) in [6, 6.07) is 72.9. The molecule has 6 heteroatoms. The fraction of sp³-hybridized carbons (Fsp3) is 0. The van der Waals surface area contributed by atoms with Crippen LogP contribution in [0, 0.1) is 0 Å². The van der Waals surface area contributed by atoms with Crippen molar-refractivity contribution in [3.05, 3.63) is 206 Å². The molecule has 4 heterocycles. The van der Waals surface area contributed by atoms with Gasteiger partial charge in [0.25, 0.3) is 0 Å². The van der Waals surface area contributed by atoms with Crippen LogP contribution in [-0.2, 0) is 0 Å². The summed E-state index contributed by atoms with van der Waals surface area (Å²) in [7, 11) is 0. The molecule has 6 nitrogen and oxygen atoms in total. The van der Waals surface area contributed by atoms with Crippen molar-refractivity contribution in [3.8, 4) is 39.9 Å². The van der Waals surface area contributed by atoms with Gasteiger partial charge in [0.1, 0.15) is 22.3 Å². The third-order valence-corrected chi connectivity index (χ3v) is 13.7. The maximum absolute atomic E-state index is 6.99. The molecule has 15 aromatic rings. The third-order valence-electron chi connectivity index (χ3n) is 13.7. The Morgan fingerprint density at radius 1 is 0.284 bits per heavy atom. The van der Waals surface area contributed by atoms with Gasteiger partial charge in [-0.2, -0.15) is 0 Å². The molecule has 0 radical (unpaired) electrons. The molecule has 0 bridgehead atoms. The maximum Gasteiger partial charge on any atom is 0.164 e. The van der Waals surface area contributed by atoms with Crippen LogP contribution in [0.5, 0.6) is 0 Å². The van der Waals surface area contributed by atoms with Gasteiger partial charge in [-0.15, -0.1) is 0 Å². The van der Waals surface area contributed by atoms with Gasteiger partial charge in [-0.3, -0.25) is 0 Å². The summed E-state index contributed by atoms with van der Waals surface area (Å²) >= 11 is 0. The van der Waals surface area contributed by atoms with Gasteiger partial charge >= 0.3 is 0 Å². The SMILES string of the molecule is c1ccc2cc(-c3nc(-c4ccc5c(c4)oc4cc(-n6c7cc8ccccc8cc7c7cc8ccccc8cc76)c6ccccc6c45)nc(-c4ccc5oc6ccccc6c5c4)n3)ccc2c1. The van der Waals surface area contributed by atoms with Crippen LogP contribution in [0.4, 0.5) is 0 Å². The van der Waals surface area contributed by atoms with Crippen LogP contribution >= 0.6 is 0 Å². The Bertz CT molecular complexity index is 4500. The number of fused-ring (bicyclic) bond motifs is 14. The van der Waals surface area contributed by atoms with Crippen molar-refractivity contribution in [3.63, 3.8) is 0 Å². The second-order valence-corrected chi connectivity index (χ2v) is 17.6. The van der Waals surface area contributed by atoms with Gasteiger partial charge in [0.15, 0.2) is 17.5 Å². The minimum atomic E-state index is 0.558. The van der Waals surface area contributed by atoms with Gasteiger partial charge in [0.2, 0.25) is 0 Å². The zero-order valence-corrected chi connectivity index (χ0v) is 35.7. The van der Waals surface area contributed by atoms with Gasteiger partial charge in [-0.1, -0.05) is 133 Å². The molecule has 310 valence electrons. The van der Waals surface area contributed by atoms with E-state index in [2.05, 4.69) is 180 Å². The van der Waals surface area contributed by atoms with Gasteiger partial charge < -0.3 is 13.4 Å². The first-order chi connectivity index (χ1) is 33.1. The molecule has 0 fully saturated rings. The first-order valence-corrected chi connectivity index (χ1v) is 22.6. The smallest absolute Gasteiger partial charge is 0.164 e. The Kier molecular flexibility index (Phi) is 7.40. The Hall–Kier alpha value is -9.13. The molecular weight excluding hydrogens is 821 g/mol. The lowest BCUT2D eigenvalue weighted by Gasteiger charge is -2.13. The predicted molar refractivity (Wildman–Crippen MR) is 275 cm³/mol. The number of hydrogen-bond acceptors (Lipinski definition) is 5. The van der Waals surface area contributed by atoms with Crippen molar-refractivity contribution in [2.75, 3.05) is 0 Å². The molecular formula is C61H34N4O2. The van der Waals surface area contributed by atoms with Crippen LogP contribution in [0.2, 0.25) is 0 Å². The first-order valence-electron chi connectivity index (χ1n) is 22.6. The molecule has 15 rings (SSSR count). The standard InChI is InChI=1S/C61H34N4O2/c1-2-12-36-27-41(22-21-35(36)11-1)59-62-60(42-24-26-55-50(30-42)45-18-9-10-20-54(45)66-55)64-61(63-59)43-23-25-47-56(33-43)67-57-34-53(44-17-7-8-19-46(44)58(47)57)65-51-31-39-15-5-3-13-37(39)28-48(51)49-29-38-14-4-6-16-40(38)32-52(49)65/h1-34H. The van der Waals surface area contributed by atoms with Gasteiger partial charge in [0, 0.05) is 60.5 Å². The Labute approximate surface area is 381 Å². The second kappa shape index (κ2) is 13.7. The molecule has 4 aromatic heterocycles. The molecule has 0 amide bonds. The minimum Gasteiger partial charge on any atom is -0.456 e. The van der Waals surface area contributed by atoms with E-state index in [4.69, 9.17) is 23.8 Å². The van der Waals surface area contributed by atoms with E-state index in [1.807, 2.05) is 30.3 Å². The highest BCUT2D eigenvalue weighted by molar-refractivity contribution is 6.23. The number of rotatable bonds is 4. The summed E-state index contributed by atoms with van der Waals surface area (Å²) in [5.74, 6) is 1.73. The van der Waals surface area contributed by atoms with Crippen molar-refractivity contribution in [1.82, 2.24) is 19.5 Å². The molecule has 0 aliphatic heterocycles. The fourth-order valence-electron chi connectivity index (χ4n) is 10.5. The minimum absolute atomic E-state index is 0.558. The quantitative estimate of drug-likeness (QED) is 0.176. The monoisotopic (exact) mass is 854 g/mol. The average Bonchev–Trinajstić information content (AvgIpc) is 4.05. The van der Waals surface area contributed by atoms with Crippen LogP contribution in [0.3, 0.4) is 0 Å². The molecule has 0 N–H and O–H groups in total. The lowest BCUT2D eigenvalue weighted by atomic mass is 10.0. The number of para-hydroxylation sites is 1. The average molecular weight is 855 g/mol. The topological polar surface area (TPSA) is 69.9 Å². The number of furan rings is 2. The summed E-state index contributed by atoms with van der Waals surface area (Å²) < 4.78 is 15.6. The molecule has 0 saturated carbocycles. The van der Waals surface area contributed by atoms with Gasteiger partial charge in [-0.25, -0.2) is 15.0 Å². The lowest BCUT2D eigenvalue weighted by molar-refractivity contribution is 0.668. The van der Waals surface area contributed by atoms with Crippen LogP contribution in [0.1, 0.15) is 0 Å². The van der Waals surface area contributed by atoms with E-state index in [1.54, 1.807) is 0 Å². The first kappa shape index (κ1) is 36.2. The maximum atomic E-state index is 6.99. The molecule has 11 aromatic carbocycles. The van der Waals surface area contributed by atoms with Gasteiger partial charge in [0.05, 0.1) is 16.7 Å². The molecule has 0 saturated heterocycles. The van der Waals surface area contributed by atoms with Crippen LogP contribution in [-0.4, -0.2) is 19.5 Å². The molecule has 0 spiro atoms. The van der Waals surface area contributed by atoms with E-state index in [1.165, 1.54) is 32.3 Å². The number of nitrogens with zero attached hydrogens (tertiary/aromatic N) is 4. The van der Waals surface area contributed by atoms with Crippen LogP contribution in [0.15, 0.2) is 215 Å². The van der Waals surface area contributed by atoms with Crippen molar-refractivity contribution in [1.29, 1.82) is 0 Å². The molecule has 0 aliphatic carbocycles. The van der Waals surface area contributed by atoms with E-state index < -0.39 is 0 Å². The highest BCUT2D eigenvalue weighted by atomic mass is 16.3. The largest absolute Gasteiger partial charge is 0.456 e. The summed E-state index contributed by atoms with van der Waals surface area (Å²) in [4.78, 5) is 15.5. The van der Waals surface area contributed by atoms with E-state index >= 15 is 0 Å². The molecule has 67 heavy (non-hydrogen) atoms. The highest BCUT2D eigenvalue weighted by Crippen LogP contribution is 2.43. The summed E-state index contributed by atoms with van der Waals surface area (Å²) in [6.07, 6.45) is 0. The molecule has 0 atom stereocenters. The van der Waals surface area contributed by atoms with Crippen molar-refractivity contribution in [2.45, 2.75) is 0 Å². The number of aromatic nitrogens is 4. The van der Waals surface area contributed by atoms with Crippen molar-refractivity contribution < 1.29 is 8.83 Å². The molecule has 0 unspecified atom stereocenters. The molecule has 0 aliphatic rings. The fourth-order valence-corrected chi connectivity index (χ4v) is 10.5. The third kappa shape index (κ3) is 5.47. The van der Waals surface area contributed by atoms with E-state index in [-0.39, 0.29) is 0 Å². The highest BCUT2D eigenvalue weighted by Gasteiger charge is 2.22. The Morgan fingerprint density at radius 3 is 1.46 bits per heavy atom. The predicted octanol–water partition coefficient (Wildman–Crippen LogP) is 16.4. The van der Waals surface area contributed by atoms with E-state index in [0.29, 0.717) is 17.5 Å². The second-order valence-electron chi connectivity index (χ2n) is 17.6. The number of hydrogen-bond donors (Lipinski definition) is 0. The van der Waals surface area contributed by atoms with Crippen LogP contribution < -0.4 is 0 Å². The summed E-state index contributed by atoms with van der Waals surface area (Å²) in [5.41, 5.74) is 9.22. The Balaban J connectivity index is 0.946. The van der Waals surface area contributed by atoms with Crippen molar-refractivity contribution in [2.24, 2.45) is 0 Å². The Morgan fingerprint density at radius 2 is 0.776 bits per heavy atom. The van der Waals surface area contributed by atoms with Crippen molar-refractivity contribution >= 4 is 109 Å². The van der Waals surface area contributed by atoms with E-state index in [0.717, 1.165) is 98.8 Å². The van der Waals surface area contributed by atoms with E-state index in [9.17, 15) is 0 Å². The van der Waals surface area contributed by atoms with Gasteiger partial charge in [-0.05, 0) is 104 Å².